The van der Waals surface area contributed by atoms with Gasteiger partial charge in [-0.05, 0) is 30.5 Å². The van der Waals surface area contributed by atoms with Gasteiger partial charge in [0.15, 0.2) is 0 Å². The predicted molar refractivity (Wildman–Crippen MR) is 100 cm³/mol. The number of hydrogen-bond acceptors (Lipinski definition) is 2. The molecule has 2 fully saturated rings. The molecule has 6 heteroatoms. The highest BCUT2D eigenvalue weighted by Gasteiger charge is 2.26. The van der Waals surface area contributed by atoms with Gasteiger partial charge in [-0.2, -0.15) is 0 Å². The topological polar surface area (TPSA) is 40.6 Å². The second-order valence-electron chi connectivity index (χ2n) is 6.99. The van der Waals surface area contributed by atoms with Crippen LogP contribution in [-0.2, 0) is 4.79 Å². The lowest BCUT2D eigenvalue weighted by atomic mass is 10.0. The Labute approximate surface area is 159 Å². The first kappa shape index (κ1) is 18.5. The zero-order valence-electron chi connectivity index (χ0n) is 14.3. The minimum absolute atomic E-state index is 0.0975. The van der Waals surface area contributed by atoms with Crippen LogP contribution in [0.15, 0.2) is 18.2 Å². The fourth-order valence-electron chi connectivity index (χ4n) is 3.78. The molecule has 1 aliphatic carbocycles. The van der Waals surface area contributed by atoms with Crippen LogP contribution in [0.5, 0.6) is 0 Å². The van der Waals surface area contributed by atoms with Crippen molar-refractivity contribution < 1.29 is 9.59 Å². The van der Waals surface area contributed by atoms with Gasteiger partial charge in [0, 0.05) is 37.6 Å². The summed E-state index contributed by atoms with van der Waals surface area (Å²) in [5, 5.41) is 0.881. The average Bonchev–Trinajstić information content (AvgIpc) is 3.13. The van der Waals surface area contributed by atoms with Crippen molar-refractivity contribution in [3.8, 4) is 0 Å². The van der Waals surface area contributed by atoms with E-state index in [0.717, 1.165) is 12.3 Å². The Morgan fingerprint density at radius 3 is 2.28 bits per heavy atom. The molecule has 1 heterocycles. The molecule has 0 bridgehead atoms. The van der Waals surface area contributed by atoms with Crippen LogP contribution >= 0.6 is 23.2 Å². The molecule has 0 unspecified atom stereocenters. The molecule has 1 aromatic carbocycles. The van der Waals surface area contributed by atoms with Crippen LogP contribution in [-0.4, -0.2) is 47.8 Å². The van der Waals surface area contributed by atoms with E-state index in [-0.39, 0.29) is 11.8 Å². The van der Waals surface area contributed by atoms with Crippen LogP contribution in [0, 0.1) is 5.92 Å². The summed E-state index contributed by atoms with van der Waals surface area (Å²) in [6.45, 7) is 2.29. The molecular weight excluding hydrogens is 359 g/mol. The maximum absolute atomic E-state index is 12.6. The summed E-state index contributed by atoms with van der Waals surface area (Å²) in [6, 6.07) is 4.91. The maximum atomic E-state index is 12.6. The van der Waals surface area contributed by atoms with E-state index in [1.807, 2.05) is 4.90 Å². The second-order valence-corrected chi connectivity index (χ2v) is 7.83. The molecule has 3 rings (SSSR count). The number of amides is 2. The van der Waals surface area contributed by atoms with Crippen molar-refractivity contribution in [3.63, 3.8) is 0 Å². The molecule has 0 N–H and O–H groups in total. The van der Waals surface area contributed by atoms with E-state index in [0.29, 0.717) is 48.2 Å². The lowest BCUT2D eigenvalue weighted by molar-refractivity contribution is -0.133. The van der Waals surface area contributed by atoms with Gasteiger partial charge >= 0.3 is 0 Å². The highest BCUT2D eigenvalue weighted by molar-refractivity contribution is 6.36. The number of piperazine rings is 1. The summed E-state index contributed by atoms with van der Waals surface area (Å²) in [4.78, 5) is 28.6. The van der Waals surface area contributed by atoms with Crippen LogP contribution in [0.4, 0.5) is 0 Å². The highest BCUT2D eigenvalue weighted by Crippen LogP contribution is 2.29. The van der Waals surface area contributed by atoms with Crippen LogP contribution in [0.25, 0.3) is 0 Å². The minimum atomic E-state index is -0.0975. The monoisotopic (exact) mass is 382 g/mol. The summed E-state index contributed by atoms with van der Waals surface area (Å²) >= 11 is 12.0. The molecule has 136 valence electrons. The normalized spacial score (nSPS) is 18.6. The lowest BCUT2D eigenvalue weighted by Gasteiger charge is -2.35. The summed E-state index contributed by atoms with van der Waals surface area (Å²) in [5.74, 6) is 0.863. The van der Waals surface area contributed by atoms with Gasteiger partial charge in [-0.1, -0.05) is 48.9 Å². The predicted octanol–water partition coefficient (Wildman–Crippen LogP) is 4.25. The summed E-state index contributed by atoms with van der Waals surface area (Å²) < 4.78 is 0. The number of carbonyl (C=O) groups is 2. The molecule has 1 aliphatic heterocycles. The van der Waals surface area contributed by atoms with Crippen molar-refractivity contribution in [1.82, 2.24) is 9.80 Å². The van der Waals surface area contributed by atoms with Gasteiger partial charge in [-0.15, -0.1) is 0 Å². The van der Waals surface area contributed by atoms with Gasteiger partial charge in [0.1, 0.15) is 0 Å². The van der Waals surface area contributed by atoms with E-state index in [4.69, 9.17) is 23.2 Å². The van der Waals surface area contributed by atoms with Gasteiger partial charge in [0.25, 0.3) is 5.91 Å². The third-order valence-electron chi connectivity index (χ3n) is 5.32. The van der Waals surface area contributed by atoms with E-state index < -0.39 is 0 Å². The number of nitrogens with zero attached hydrogens (tertiary/aromatic N) is 2. The Bertz CT molecular complexity index is 636. The molecule has 2 amide bonds. The molecule has 2 aliphatic rings. The SMILES string of the molecule is O=C(CCC1CCCC1)N1CCN(C(=O)c2ccc(Cl)cc2Cl)CC1. The number of rotatable bonds is 4. The van der Waals surface area contributed by atoms with Crippen LogP contribution in [0.1, 0.15) is 48.9 Å². The van der Waals surface area contributed by atoms with Crippen LogP contribution in [0.3, 0.4) is 0 Å². The molecule has 0 aromatic heterocycles. The van der Waals surface area contributed by atoms with Crippen molar-refractivity contribution in [2.75, 3.05) is 26.2 Å². The molecule has 4 nitrogen and oxygen atoms in total. The Kier molecular flexibility index (Phi) is 6.24. The molecule has 1 saturated carbocycles. The first-order valence-electron chi connectivity index (χ1n) is 9.06. The van der Waals surface area contributed by atoms with Crippen molar-refractivity contribution in [2.45, 2.75) is 38.5 Å². The Morgan fingerprint density at radius 1 is 1.00 bits per heavy atom. The number of hydrogen-bond donors (Lipinski definition) is 0. The van der Waals surface area contributed by atoms with E-state index >= 15 is 0 Å². The van der Waals surface area contributed by atoms with Gasteiger partial charge < -0.3 is 9.80 Å². The number of halogens is 2. The zero-order chi connectivity index (χ0) is 17.8. The number of benzene rings is 1. The quantitative estimate of drug-likeness (QED) is 0.780. The molecule has 1 saturated heterocycles. The zero-order valence-corrected chi connectivity index (χ0v) is 15.9. The van der Waals surface area contributed by atoms with Crippen molar-refractivity contribution >= 4 is 35.0 Å². The van der Waals surface area contributed by atoms with Crippen molar-refractivity contribution in [1.29, 1.82) is 0 Å². The van der Waals surface area contributed by atoms with E-state index in [1.165, 1.54) is 25.7 Å². The average molecular weight is 383 g/mol. The molecule has 0 atom stereocenters. The van der Waals surface area contributed by atoms with E-state index in [1.54, 1.807) is 23.1 Å². The fraction of sp³-hybridized carbons (Fsp3) is 0.579. The largest absolute Gasteiger partial charge is 0.339 e. The van der Waals surface area contributed by atoms with Crippen molar-refractivity contribution in [2.24, 2.45) is 5.92 Å². The maximum Gasteiger partial charge on any atom is 0.255 e. The minimum Gasteiger partial charge on any atom is -0.339 e. The molecule has 0 radical (unpaired) electrons. The summed E-state index contributed by atoms with van der Waals surface area (Å²) in [7, 11) is 0. The smallest absolute Gasteiger partial charge is 0.255 e. The third kappa shape index (κ3) is 4.68. The molecule has 1 aromatic rings. The summed E-state index contributed by atoms with van der Waals surface area (Å²) in [6.07, 6.45) is 6.83. The van der Waals surface area contributed by atoms with Crippen molar-refractivity contribution in [3.05, 3.63) is 33.8 Å². The van der Waals surface area contributed by atoms with Crippen LogP contribution in [0.2, 0.25) is 10.0 Å². The first-order chi connectivity index (χ1) is 12.0. The third-order valence-corrected chi connectivity index (χ3v) is 5.87. The fourth-order valence-corrected chi connectivity index (χ4v) is 4.27. The second kappa shape index (κ2) is 8.41. The molecular formula is C19H24Cl2N2O2. The summed E-state index contributed by atoms with van der Waals surface area (Å²) in [5.41, 5.74) is 0.465. The Hall–Kier alpha value is -1.26. The molecule has 0 spiro atoms. The number of carbonyl (C=O) groups excluding carboxylic acids is 2. The standard InChI is InChI=1S/C19H24Cl2N2O2/c20-15-6-7-16(17(21)13-15)19(25)23-11-9-22(10-12-23)18(24)8-5-14-3-1-2-4-14/h6-7,13-14H,1-5,8-12H2. The Morgan fingerprint density at radius 2 is 1.64 bits per heavy atom. The lowest BCUT2D eigenvalue weighted by Crippen LogP contribution is -2.50. The van der Waals surface area contributed by atoms with Crippen LogP contribution < -0.4 is 0 Å². The van der Waals surface area contributed by atoms with E-state index in [2.05, 4.69) is 0 Å². The highest BCUT2D eigenvalue weighted by atomic mass is 35.5. The van der Waals surface area contributed by atoms with E-state index in [9.17, 15) is 9.59 Å². The Balaban J connectivity index is 1.49. The van der Waals surface area contributed by atoms with Gasteiger partial charge in [0.05, 0.1) is 10.6 Å². The van der Waals surface area contributed by atoms with Gasteiger partial charge in [0.2, 0.25) is 5.91 Å². The molecule has 25 heavy (non-hydrogen) atoms. The van der Waals surface area contributed by atoms with Gasteiger partial charge in [-0.25, -0.2) is 0 Å². The van der Waals surface area contributed by atoms with Gasteiger partial charge in [-0.3, -0.25) is 9.59 Å². The first-order valence-corrected chi connectivity index (χ1v) is 9.82.